The van der Waals surface area contributed by atoms with Gasteiger partial charge in [0.1, 0.15) is 19.0 Å². The highest BCUT2D eigenvalue weighted by molar-refractivity contribution is 9.10. The van der Waals surface area contributed by atoms with Gasteiger partial charge in [-0.05, 0) is 51.8 Å². The third-order valence-electron chi connectivity index (χ3n) is 6.70. The Balaban J connectivity index is 1.59. The van der Waals surface area contributed by atoms with Crippen LogP contribution in [-0.4, -0.2) is 91.4 Å². The normalized spacial score (nSPS) is 21.4. The second kappa shape index (κ2) is 10.6. The Morgan fingerprint density at radius 1 is 1.05 bits per heavy atom. The summed E-state index contributed by atoms with van der Waals surface area (Å²) in [7, 11) is 1.41. The van der Waals surface area contributed by atoms with E-state index in [4.69, 9.17) is 18.9 Å². The summed E-state index contributed by atoms with van der Waals surface area (Å²) < 4.78 is 22.3. The van der Waals surface area contributed by atoms with Gasteiger partial charge >= 0.3 is 0 Å². The van der Waals surface area contributed by atoms with Crippen LogP contribution < -0.4 is 14.2 Å². The fourth-order valence-electron chi connectivity index (χ4n) is 4.78. The van der Waals surface area contributed by atoms with Crippen molar-refractivity contribution in [1.82, 2.24) is 9.80 Å². The zero-order valence-electron chi connectivity index (χ0n) is 20.2. The van der Waals surface area contributed by atoms with Crippen LogP contribution >= 0.6 is 15.9 Å². The van der Waals surface area contributed by atoms with Crippen molar-refractivity contribution < 1.29 is 38.7 Å². The zero-order chi connectivity index (χ0) is 26.1. The summed E-state index contributed by atoms with van der Waals surface area (Å²) in [5.74, 6) is -0.772. The van der Waals surface area contributed by atoms with E-state index in [9.17, 15) is 19.8 Å². The van der Waals surface area contributed by atoms with Crippen LogP contribution in [0.4, 0.5) is 0 Å². The summed E-state index contributed by atoms with van der Waals surface area (Å²) in [4.78, 5) is 30.3. The molecule has 2 aromatic rings. The minimum Gasteiger partial charge on any atom is -0.507 e. The van der Waals surface area contributed by atoms with Gasteiger partial charge in [0.25, 0.3) is 11.7 Å². The number of halogens is 1. The van der Waals surface area contributed by atoms with Crippen molar-refractivity contribution in [2.75, 3.05) is 59.7 Å². The molecule has 0 saturated carbocycles. The number of fused-ring (bicyclic) bond motifs is 1. The van der Waals surface area contributed by atoms with Crippen molar-refractivity contribution in [2.45, 2.75) is 6.04 Å². The number of nitrogens with zero attached hydrogens (tertiary/aromatic N) is 2. The Labute approximate surface area is 222 Å². The van der Waals surface area contributed by atoms with E-state index in [-0.39, 0.29) is 29.4 Å². The number of aliphatic hydroxyl groups excluding tert-OH is 1. The molecule has 0 radical (unpaired) electrons. The van der Waals surface area contributed by atoms with Crippen LogP contribution in [-0.2, 0) is 14.3 Å². The molecule has 11 heteroatoms. The number of phenols is 1. The van der Waals surface area contributed by atoms with Crippen molar-refractivity contribution in [3.05, 3.63) is 51.5 Å². The number of ether oxygens (including phenoxy) is 4. The van der Waals surface area contributed by atoms with E-state index in [2.05, 4.69) is 20.8 Å². The number of aromatic hydroxyl groups is 1. The molecule has 1 amide bonds. The molecule has 0 unspecified atom stereocenters. The molecule has 0 aliphatic carbocycles. The Morgan fingerprint density at radius 3 is 2.51 bits per heavy atom. The fraction of sp³-hybridized carbons (Fsp3) is 0.385. The number of morpholine rings is 1. The summed E-state index contributed by atoms with van der Waals surface area (Å²) in [6, 6.07) is 7.15. The van der Waals surface area contributed by atoms with E-state index in [1.54, 1.807) is 30.3 Å². The van der Waals surface area contributed by atoms with Crippen LogP contribution in [0.25, 0.3) is 5.76 Å². The maximum Gasteiger partial charge on any atom is 0.295 e. The quantitative estimate of drug-likeness (QED) is 0.305. The van der Waals surface area contributed by atoms with Crippen LogP contribution in [0.3, 0.4) is 0 Å². The molecular weight excluding hydrogens is 548 g/mol. The molecular formula is C26H27BrN2O8. The van der Waals surface area contributed by atoms with E-state index in [1.807, 2.05) is 0 Å². The van der Waals surface area contributed by atoms with Crippen LogP contribution in [0.1, 0.15) is 17.2 Å². The first-order valence-corrected chi connectivity index (χ1v) is 12.7. The highest BCUT2D eigenvalue weighted by Gasteiger charge is 2.46. The molecule has 10 nitrogen and oxygen atoms in total. The van der Waals surface area contributed by atoms with Crippen LogP contribution in [0.5, 0.6) is 23.0 Å². The van der Waals surface area contributed by atoms with Gasteiger partial charge in [0.15, 0.2) is 23.0 Å². The highest BCUT2D eigenvalue weighted by atomic mass is 79.9. The minimum atomic E-state index is -0.903. The highest BCUT2D eigenvalue weighted by Crippen LogP contribution is 2.45. The van der Waals surface area contributed by atoms with E-state index in [1.165, 1.54) is 12.0 Å². The number of ketones is 1. The van der Waals surface area contributed by atoms with Gasteiger partial charge in [0.05, 0.1) is 36.4 Å². The molecule has 0 spiro atoms. The van der Waals surface area contributed by atoms with Crippen molar-refractivity contribution in [2.24, 2.45) is 0 Å². The second-order valence-corrected chi connectivity index (χ2v) is 9.71. The molecule has 3 aliphatic rings. The Morgan fingerprint density at radius 2 is 1.78 bits per heavy atom. The lowest BCUT2D eigenvalue weighted by molar-refractivity contribution is -0.140. The van der Waals surface area contributed by atoms with E-state index >= 15 is 0 Å². The molecule has 0 aromatic heterocycles. The predicted molar refractivity (Wildman–Crippen MR) is 136 cm³/mol. The van der Waals surface area contributed by atoms with Gasteiger partial charge in [-0.2, -0.15) is 0 Å². The Hall–Kier alpha value is -3.28. The molecule has 2 aromatic carbocycles. The summed E-state index contributed by atoms with van der Waals surface area (Å²) in [5.41, 5.74) is 0.773. The lowest BCUT2D eigenvalue weighted by atomic mass is 9.94. The number of hydrogen-bond donors (Lipinski definition) is 2. The molecule has 3 heterocycles. The van der Waals surface area contributed by atoms with E-state index < -0.39 is 17.7 Å². The van der Waals surface area contributed by atoms with Gasteiger partial charge < -0.3 is 34.1 Å². The number of methoxy groups -OCH3 is 1. The number of Topliss-reactive ketones (excluding diaryl/α,β-unsaturated/α-hetero) is 1. The number of aliphatic hydroxyl groups is 1. The summed E-state index contributed by atoms with van der Waals surface area (Å²) in [6.07, 6.45) is 0. The van der Waals surface area contributed by atoms with Gasteiger partial charge in [-0.1, -0.05) is 0 Å². The fourth-order valence-corrected chi connectivity index (χ4v) is 5.24. The first kappa shape index (κ1) is 25.4. The van der Waals surface area contributed by atoms with Crippen LogP contribution in [0.2, 0.25) is 0 Å². The lowest BCUT2D eigenvalue weighted by Crippen LogP contribution is -2.42. The average Bonchev–Trinajstić information content (AvgIpc) is 3.18. The summed E-state index contributed by atoms with van der Waals surface area (Å²) >= 11 is 3.33. The number of amides is 1. The molecule has 1 atom stereocenters. The largest absolute Gasteiger partial charge is 0.507 e. The molecule has 2 saturated heterocycles. The molecule has 0 bridgehead atoms. The van der Waals surface area contributed by atoms with Crippen molar-refractivity contribution in [3.63, 3.8) is 0 Å². The number of carbonyl (C=O) groups is 2. The number of hydrogen-bond acceptors (Lipinski definition) is 9. The minimum absolute atomic E-state index is 0.0525. The average molecular weight is 575 g/mol. The van der Waals surface area contributed by atoms with E-state index in [0.29, 0.717) is 60.1 Å². The Kier molecular flexibility index (Phi) is 7.27. The number of rotatable bonds is 6. The number of likely N-dealkylation sites (tertiary alicyclic amines) is 1. The number of phenolic OH excluding ortho intramolecular Hbond substituents is 1. The first-order valence-electron chi connectivity index (χ1n) is 11.9. The number of benzene rings is 2. The van der Waals surface area contributed by atoms with Crippen molar-refractivity contribution in [1.29, 1.82) is 0 Å². The monoisotopic (exact) mass is 574 g/mol. The maximum absolute atomic E-state index is 13.4. The molecule has 2 fully saturated rings. The summed E-state index contributed by atoms with van der Waals surface area (Å²) in [6.45, 7) is 4.24. The third kappa shape index (κ3) is 4.86. The Bertz CT molecular complexity index is 1260. The smallest absolute Gasteiger partial charge is 0.295 e. The van der Waals surface area contributed by atoms with Gasteiger partial charge in [0, 0.05) is 31.7 Å². The third-order valence-corrected chi connectivity index (χ3v) is 7.31. The topological polar surface area (TPSA) is 118 Å². The van der Waals surface area contributed by atoms with Gasteiger partial charge in [-0.3, -0.25) is 14.5 Å². The van der Waals surface area contributed by atoms with Crippen LogP contribution in [0.15, 0.2) is 40.4 Å². The SMILES string of the molecule is COc1cc([C@H]2/C(=C(\O)c3ccc4c(c3)OCCO4)C(=O)C(=O)N2CCN2CCOCC2)cc(Br)c1O. The molecule has 37 heavy (non-hydrogen) atoms. The molecule has 196 valence electrons. The molecule has 5 rings (SSSR count). The lowest BCUT2D eigenvalue weighted by Gasteiger charge is -2.31. The number of carbonyl (C=O) groups excluding carboxylic acids is 2. The zero-order valence-corrected chi connectivity index (χ0v) is 21.8. The predicted octanol–water partition coefficient (Wildman–Crippen LogP) is 2.69. The van der Waals surface area contributed by atoms with Gasteiger partial charge in [0.2, 0.25) is 0 Å². The summed E-state index contributed by atoms with van der Waals surface area (Å²) in [5, 5.41) is 21.7. The molecule has 3 aliphatic heterocycles. The second-order valence-electron chi connectivity index (χ2n) is 8.86. The van der Waals surface area contributed by atoms with Crippen molar-refractivity contribution >= 4 is 33.4 Å². The van der Waals surface area contributed by atoms with E-state index in [0.717, 1.165) is 13.1 Å². The molecule has 2 N–H and O–H groups in total. The van der Waals surface area contributed by atoms with Gasteiger partial charge in [-0.15, -0.1) is 0 Å². The first-order chi connectivity index (χ1) is 17.9. The maximum atomic E-state index is 13.4. The van der Waals surface area contributed by atoms with Crippen molar-refractivity contribution in [3.8, 4) is 23.0 Å². The standard InChI is InChI=1S/C26H27BrN2O8/c1-34-20-14-16(12-17(27)24(20)31)22-21(23(30)15-2-3-18-19(13-15)37-11-10-36-18)25(32)26(33)29(22)5-4-28-6-8-35-9-7-28/h2-3,12-14,22,30-31H,4-11H2,1H3/b23-21+/t22-/m0/s1. The van der Waals surface area contributed by atoms with Gasteiger partial charge in [-0.25, -0.2) is 0 Å². The van der Waals surface area contributed by atoms with Crippen LogP contribution in [0, 0.1) is 0 Å².